The van der Waals surface area contributed by atoms with E-state index >= 15 is 0 Å². The van der Waals surface area contributed by atoms with Gasteiger partial charge in [-0.1, -0.05) is 0 Å². The van der Waals surface area contributed by atoms with Crippen LogP contribution in [-0.4, -0.2) is 4.92 Å². The summed E-state index contributed by atoms with van der Waals surface area (Å²) in [5.74, 6) is 0. The highest BCUT2D eigenvalue weighted by Crippen LogP contribution is 2.37. The van der Waals surface area contributed by atoms with E-state index in [2.05, 4.69) is 20.5 Å². The minimum atomic E-state index is -4.75. The van der Waals surface area contributed by atoms with Crippen LogP contribution in [0.15, 0.2) is 18.2 Å². The number of hydrogen-bond donors (Lipinski definition) is 1. The number of hydrogen-bond acceptors (Lipinski definition) is 3. The smallest absolute Gasteiger partial charge is 0.322 e. The zero-order valence-electron chi connectivity index (χ0n) is 7.01. The summed E-state index contributed by atoms with van der Waals surface area (Å²) in [5.41, 5.74) is -2.15. The molecule has 0 unspecified atom stereocenters. The largest absolute Gasteiger partial charge is 0.423 e. The lowest BCUT2D eigenvalue weighted by Gasteiger charge is -2.08. The summed E-state index contributed by atoms with van der Waals surface area (Å²) >= 11 is 2.73. The van der Waals surface area contributed by atoms with Crippen molar-refractivity contribution in [3.05, 3.63) is 33.9 Å². The molecule has 1 aromatic carbocycles. The van der Waals surface area contributed by atoms with Gasteiger partial charge in [0.25, 0.3) is 5.69 Å². The minimum Gasteiger partial charge on any atom is -0.322 e. The van der Waals surface area contributed by atoms with Gasteiger partial charge in [0, 0.05) is 27.9 Å². The molecule has 0 radical (unpaired) electrons. The Morgan fingerprint density at radius 3 is 2.40 bits per heavy atom. The van der Waals surface area contributed by atoms with Crippen LogP contribution in [0.1, 0.15) is 5.56 Å². The van der Waals surface area contributed by atoms with Crippen LogP contribution in [0.5, 0.6) is 0 Å². The second-order valence-electron chi connectivity index (χ2n) is 2.58. The normalized spacial score (nSPS) is 11.2. The SMILES string of the molecule is O=[N+]([O-])c1ccc(NBr)cc1C(F)(F)F. The first kappa shape index (κ1) is 11.8. The fraction of sp³-hybridized carbons (Fsp3) is 0.143. The van der Waals surface area contributed by atoms with Crippen molar-refractivity contribution in [2.45, 2.75) is 6.18 Å². The number of anilines is 1. The first-order valence-corrected chi connectivity index (χ1v) is 4.38. The third-order valence-corrected chi connectivity index (χ3v) is 2.07. The van der Waals surface area contributed by atoms with Gasteiger partial charge in [0.1, 0.15) is 5.56 Å². The number of halogens is 4. The van der Waals surface area contributed by atoms with Crippen molar-refractivity contribution in [1.82, 2.24) is 0 Å². The van der Waals surface area contributed by atoms with Crippen LogP contribution in [0.3, 0.4) is 0 Å². The molecule has 0 fully saturated rings. The summed E-state index contributed by atoms with van der Waals surface area (Å²) in [6.07, 6.45) is -4.75. The third kappa shape index (κ3) is 2.58. The van der Waals surface area contributed by atoms with Crippen molar-refractivity contribution in [2.75, 3.05) is 4.34 Å². The Kier molecular flexibility index (Phi) is 3.18. The van der Waals surface area contributed by atoms with Crippen molar-refractivity contribution >= 4 is 27.5 Å². The van der Waals surface area contributed by atoms with Crippen LogP contribution in [-0.2, 0) is 6.18 Å². The molecule has 0 aliphatic rings. The van der Waals surface area contributed by atoms with Crippen molar-refractivity contribution < 1.29 is 18.1 Å². The van der Waals surface area contributed by atoms with E-state index < -0.39 is 22.4 Å². The Hall–Kier alpha value is -1.31. The van der Waals surface area contributed by atoms with Crippen molar-refractivity contribution in [3.8, 4) is 0 Å². The van der Waals surface area contributed by atoms with Gasteiger partial charge in [-0.3, -0.25) is 10.1 Å². The molecule has 0 heterocycles. The Morgan fingerprint density at radius 1 is 1.40 bits per heavy atom. The number of alkyl halides is 3. The number of nitro groups is 1. The van der Waals surface area contributed by atoms with Gasteiger partial charge < -0.3 is 4.34 Å². The molecule has 0 aromatic heterocycles. The van der Waals surface area contributed by atoms with E-state index in [0.29, 0.717) is 6.07 Å². The third-order valence-electron chi connectivity index (χ3n) is 1.61. The van der Waals surface area contributed by atoms with Crippen LogP contribution in [0.4, 0.5) is 24.5 Å². The highest BCUT2D eigenvalue weighted by molar-refractivity contribution is 9.10. The summed E-state index contributed by atoms with van der Waals surface area (Å²) in [6, 6.07) is 2.63. The zero-order chi connectivity index (χ0) is 11.6. The molecule has 0 atom stereocenters. The van der Waals surface area contributed by atoms with Gasteiger partial charge in [0.15, 0.2) is 0 Å². The Bertz CT molecular complexity index is 394. The first-order valence-electron chi connectivity index (χ1n) is 3.58. The number of rotatable bonds is 2. The molecule has 15 heavy (non-hydrogen) atoms. The van der Waals surface area contributed by atoms with E-state index in [-0.39, 0.29) is 5.69 Å². The van der Waals surface area contributed by atoms with Crippen LogP contribution in [0, 0.1) is 10.1 Å². The fourth-order valence-electron chi connectivity index (χ4n) is 0.981. The molecule has 4 nitrogen and oxygen atoms in total. The summed E-state index contributed by atoms with van der Waals surface area (Å²) < 4.78 is 39.4. The van der Waals surface area contributed by atoms with Gasteiger partial charge in [-0.2, -0.15) is 13.2 Å². The Labute approximate surface area is 90.6 Å². The maximum Gasteiger partial charge on any atom is 0.423 e. The van der Waals surface area contributed by atoms with E-state index in [4.69, 9.17) is 0 Å². The molecule has 0 aliphatic carbocycles. The van der Waals surface area contributed by atoms with E-state index in [9.17, 15) is 23.3 Å². The van der Waals surface area contributed by atoms with E-state index in [1.807, 2.05) is 0 Å². The Morgan fingerprint density at radius 2 is 2.00 bits per heavy atom. The summed E-state index contributed by atoms with van der Waals surface area (Å²) in [5, 5.41) is 10.3. The highest BCUT2D eigenvalue weighted by atomic mass is 79.9. The molecule has 0 spiro atoms. The zero-order valence-corrected chi connectivity index (χ0v) is 8.59. The quantitative estimate of drug-likeness (QED) is 0.515. The van der Waals surface area contributed by atoms with Gasteiger partial charge in [0.05, 0.1) is 4.92 Å². The molecular formula is C7H4BrF3N2O2. The first-order chi connectivity index (χ1) is 6.86. The lowest BCUT2D eigenvalue weighted by atomic mass is 10.1. The van der Waals surface area contributed by atoms with Crippen LogP contribution < -0.4 is 4.34 Å². The minimum absolute atomic E-state index is 0.0907. The fourth-order valence-corrected chi connectivity index (χ4v) is 1.23. The molecule has 1 N–H and O–H groups in total. The average molecular weight is 285 g/mol. The molecule has 0 aliphatic heterocycles. The molecule has 1 rings (SSSR count). The van der Waals surface area contributed by atoms with Crippen molar-refractivity contribution in [1.29, 1.82) is 0 Å². The van der Waals surface area contributed by atoms with Gasteiger partial charge in [0.2, 0.25) is 0 Å². The van der Waals surface area contributed by atoms with Crippen LogP contribution in [0.25, 0.3) is 0 Å². The lowest BCUT2D eigenvalue weighted by molar-refractivity contribution is -0.388. The summed E-state index contributed by atoms with van der Waals surface area (Å²) in [7, 11) is 0. The Balaban J connectivity index is 3.36. The molecule has 0 bridgehead atoms. The molecular weight excluding hydrogens is 281 g/mol. The van der Waals surface area contributed by atoms with Gasteiger partial charge in [-0.05, 0) is 12.1 Å². The summed E-state index contributed by atoms with van der Waals surface area (Å²) in [4.78, 5) is 9.27. The number of nitro benzene ring substituents is 1. The van der Waals surface area contributed by atoms with Gasteiger partial charge in [-0.15, -0.1) is 0 Å². The number of benzene rings is 1. The monoisotopic (exact) mass is 284 g/mol. The lowest BCUT2D eigenvalue weighted by Crippen LogP contribution is -2.09. The average Bonchev–Trinajstić information content (AvgIpc) is 2.15. The molecule has 0 saturated heterocycles. The predicted octanol–water partition coefficient (Wildman–Crippen LogP) is 3.34. The van der Waals surface area contributed by atoms with Crippen LogP contribution in [0.2, 0.25) is 0 Å². The summed E-state index contributed by atoms with van der Waals surface area (Å²) in [6.45, 7) is 0. The number of nitrogens with one attached hydrogen (secondary N) is 1. The number of nitrogens with zero attached hydrogens (tertiary/aromatic N) is 1. The van der Waals surface area contributed by atoms with Crippen LogP contribution >= 0.6 is 16.1 Å². The van der Waals surface area contributed by atoms with Crippen molar-refractivity contribution in [3.63, 3.8) is 0 Å². The molecule has 1 aromatic rings. The van der Waals surface area contributed by atoms with Crippen molar-refractivity contribution in [2.24, 2.45) is 0 Å². The molecule has 8 heteroatoms. The van der Waals surface area contributed by atoms with E-state index in [1.165, 1.54) is 6.07 Å². The van der Waals surface area contributed by atoms with E-state index in [0.717, 1.165) is 6.07 Å². The van der Waals surface area contributed by atoms with Gasteiger partial charge in [-0.25, -0.2) is 0 Å². The standard InChI is InChI=1S/C7H4BrF3N2O2/c8-12-4-1-2-6(13(14)15)5(3-4)7(9,10)11/h1-3,12H. The van der Waals surface area contributed by atoms with Gasteiger partial charge >= 0.3 is 6.18 Å². The van der Waals surface area contributed by atoms with E-state index in [1.54, 1.807) is 0 Å². The predicted molar refractivity (Wildman–Crippen MR) is 50.6 cm³/mol. The second kappa shape index (κ2) is 4.05. The molecule has 0 amide bonds. The topological polar surface area (TPSA) is 55.2 Å². The maximum absolute atomic E-state index is 12.4. The maximum atomic E-state index is 12.4. The molecule has 0 saturated carbocycles. The molecule has 82 valence electrons. The second-order valence-corrected chi connectivity index (χ2v) is 2.98. The highest BCUT2D eigenvalue weighted by Gasteiger charge is 2.38.